The molecule has 0 saturated carbocycles. The smallest absolute Gasteiger partial charge is 0.232 e. The fourth-order valence-corrected chi connectivity index (χ4v) is 4.08. The van der Waals surface area contributed by atoms with E-state index in [1.54, 1.807) is 0 Å². The van der Waals surface area contributed by atoms with Crippen LogP contribution in [-0.2, 0) is 13.0 Å². The van der Waals surface area contributed by atoms with E-state index >= 15 is 0 Å². The van der Waals surface area contributed by atoms with Crippen LogP contribution in [0.25, 0.3) is 0 Å². The van der Waals surface area contributed by atoms with E-state index in [0.29, 0.717) is 18.9 Å². The van der Waals surface area contributed by atoms with Gasteiger partial charge in [-0.15, -0.1) is 11.3 Å². The summed E-state index contributed by atoms with van der Waals surface area (Å²) in [6.45, 7) is 7.74. The second kappa shape index (κ2) is 7.60. The fourth-order valence-electron chi connectivity index (χ4n) is 3.15. The molecule has 6 heteroatoms. The van der Waals surface area contributed by atoms with Crippen molar-refractivity contribution in [3.05, 3.63) is 63.4 Å². The van der Waals surface area contributed by atoms with Crippen molar-refractivity contribution < 1.29 is 9.26 Å². The zero-order valence-electron chi connectivity index (χ0n) is 15.1. The van der Waals surface area contributed by atoms with Crippen LogP contribution >= 0.6 is 11.3 Å². The molecule has 136 valence electrons. The first-order valence-corrected chi connectivity index (χ1v) is 9.77. The normalized spacial score (nSPS) is 15.2. The van der Waals surface area contributed by atoms with E-state index in [0.717, 1.165) is 37.1 Å². The topological polar surface area (TPSA) is 51.4 Å². The lowest BCUT2D eigenvalue weighted by Crippen LogP contribution is -2.44. The van der Waals surface area contributed by atoms with E-state index in [2.05, 4.69) is 47.1 Å². The summed E-state index contributed by atoms with van der Waals surface area (Å²) in [6, 6.07) is 12.4. The molecule has 0 amide bonds. The molecule has 1 aromatic carbocycles. The summed E-state index contributed by atoms with van der Waals surface area (Å²) in [6.07, 6.45) is 0.655. The van der Waals surface area contributed by atoms with Gasteiger partial charge in [-0.05, 0) is 43.7 Å². The Morgan fingerprint density at radius 1 is 1.23 bits per heavy atom. The van der Waals surface area contributed by atoms with Gasteiger partial charge in [-0.1, -0.05) is 17.3 Å². The van der Waals surface area contributed by atoms with E-state index in [-0.39, 0.29) is 0 Å². The van der Waals surface area contributed by atoms with Gasteiger partial charge in [-0.2, -0.15) is 4.98 Å². The molecule has 1 saturated heterocycles. The summed E-state index contributed by atoms with van der Waals surface area (Å²) in [5.74, 6) is 2.72. The Bertz CT molecular complexity index is 867. The first-order chi connectivity index (χ1) is 12.7. The molecule has 0 atom stereocenters. The van der Waals surface area contributed by atoms with Gasteiger partial charge >= 0.3 is 0 Å². The summed E-state index contributed by atoms with van der Waals surface area (Å²) in [5, 5.41) is 4.10. The molecule has 4 rings (SSSR count). The number of rotatable bonds is 7. The number of thiophene rings is 1. The standard InChI is InChI=1S/C20H23N3O2S/c1-14-4-3-5-17(10-14)24-9-8-19-21-20(25-22-19)16-11-23(12-16)13-18-7-6-15(2)26-18/h3-7,10,16H,8-9,11-13H2,1-2H3. The van der Waals surface area contributed by atoms with Crippen molar-refractivity contribution in [1.82, 2.24) is 15.0 Å². The van der Waals surface area contributed by atoms with Gasteiger partial charge in [0.1, 0.15) is 5.75 Å². The molecular formula is C20H23N3O2S. The van der Waals surface area contributed by atoms with Crippen molar-refractivity contribution in [3.8, 4) is 5.75 Å². The molecule has 2 aromatic heterocycles. The molecule has 3 heterocycles. The van der Waals surface area contributed by atoms with Crippen molar-refractivity contribution in [2.45, 2.75) is 32.7 Å². The van der Waals surface area contributed by atoms with Crippen LogP contribution in [0.2, 0.25) is 0 Å². The average molecular weight is 369 g/mol. The van der Waals surface area contributed by atoms with Crippen molar-refractivity contribution in [2.75, 3.05) is 19.7 Å². The molecule has 0 radical (unpaired) electrons. The number of likely N-dealkylation sites (tertiary alicyclic amines) is 1. The van der Waals surface area contributed by atoms with Crippen molar-refractivity contribution in [2.24, 2.45) is 0 Å². The fraction of sp³-hybridized carbons (Fsp3) is 0.400. The van der Waals surface area contributed by atoms with Gasteiger partial charge in [0.25, 0.3) is 0 Å². The van der Waals surface area contributed by atoms with Crippen LogP contribution in [0, 0.1) is 13.8 Å². The molecule has 0 spiro atoms. The third kappa shape index (κ3) is 4.14. The van der Waals surface area contributed by atoms with Crippen LogP contribution in [0.15, 0.2) is 40.9 Å². The van der Waals surface area contributed by atoms with Gasteiger partial charge in [0.05, 0.1) is 12.5 Å². The predicted molar refractivity (Wildman–Crippen MR) is 102 cm³/mol. The summed E-state index contributed by atoms with van der Waals surface area (Å²) in [4.78, 5) is 9.75. The van der Waals surface area contributed by atoms with Gasteiger partial charge in [-0.25, -0.2) is 0 Å². The summed E-state index contributed by atoms with van der Waals surface area (Å²) in [7, 11) is 0. The number of aryl methyl sites for hydroxylation is 2. The van der Waals surface area contributed by atoms with E-state index in [1.165, 1.54) is 15.3 Å². The largest absolute Gasteiger partial charge is 0.493 e. The summed E-state index contributed by atoms with van der Waals surface area (Å²) in [5.41, 5.74) is 1.19. The predicted octanol–water partition coefficient (Wildman–Crippen LogP) is 3.97. The van der Waals surface area contributed by atoms with Crippen molar-refractivity contribution in [1.29, 1.82) is 0 Å². The van der Waals surface area contributed by atoms with E-state index in [4.69, 9.17) is 9.26 Å². The molecule has 0 aliphatic carbocycles. The highest BCUT2D eigenvalue weighted by molar-refractivity contribution is 7.11. The third-order valence-corrected chi connectivity index (χ3v) is 5.54. The highest BCUT2D eigenvalue weighted by Crippen LogP contribution is 2.28. The Hall–Kier alpha value is -2.18. The number of hydrogen-bond donors (Lipinski definition) is 0. The minimum atomic E-state index is 0.356. The molecule has 3 aromatic rings. The molecule has 1 aliphatic heterocycles. The second-order valence-corrected chi connectivity index (χ2v) is 8.24. The SMILES string of the molecule is Cc1cccc(OCCc2noc(C3CN(Cc4ccc(C)s4)C3)n2)c1. The van der Waals surface area contributed by atoms with Crippen LogP contribution in [0.3, 0.4) is 0 Å². The molecule has 5 nitrogen and oxygen atoms in total. The van der Waals surface area contributed by atoms with Gasteiger partial charge in [0.2, 0.25) is 5.89 Å². The second-order valence-electron chi connectivity index (χ2n) is 6.87. The quantitative estimate of drug-likeness (QED) is 0.631. The van der Waals surface area contributed by atoms with Crippen LogP contribution < -0.4 is 4.74 Å². The molecule has 0 unspecified atom stereocenters. The third-order valence-electron chi connectivity index (χ3n) is 4.55. The van der Waals surface area contributed by atoms with Gasteiger partial charge < -0.3 is 9.26 Å². The Labute approximate surface area is 157 Å². The average Bonchev–Trinajstić information content (AvgIpc) is 3.20. The highest BCUT2D eigenvalue weighted by atomic mass is 32.1. The van der Waals surface area contributed by atoms with Crippen LogP contribution in [0.1, 0.15) is 33.0 Å². The first-order valence-electron chi connectivity index (χ1n) is 8.95. The Balaban J connectivity index is 1.22. The van der Waals surface area contributed by atoms with E-state index < -0.39 is 0 Å². The molecule has 0 N–H and O–H groups in total. The Morgan fingerprint density at radius 2 is 2.12 bits per heavy atom. The van der Waals surface area contributed by atoms with Gasteiger partial charge in [-0.3, -0.25) is 4.90 Å². The minimum Gasteiger partial charge on any atom is -0.493 e. The van der Waals surface area contributed by atoms with Crippen molar-refractivity contribution in [3.63, 3.8) is 0 Å². The maximum Gasteiger partial charge on any atom is 0.232 e. The highest BCUT2D eigenvalue weighted by Gasteiger charge is 2.32. The van der Waals surface area contributed by atoms with Gasteiger partial charge in [0.15, 0.2) is 5.82 Å². The van der Waals surface area contributed by atoms with Gasteiger partial charge in [0, 0.05) is 35.8 Å². The maximum absolute atomic E-state index is 5.76. The summed E-state index contributed by atoms with van der Waals surface area (Å²) < 4.78 is 11.2. The first kappa shape index (κ1) is 17.2. The van der Waals surface area contributed by atoms with Crippen LogP contribution in [0.5, 0.6) is 5.75 Å². The monoisotopic (exact) mass is 369 g/mol. The molecule has 1 aliphatic rings. The lowest BCUT2D eigenvalue weighted by Gasteiger charge is -2.36. The van der Waals surface area contributed by atoms with E-state index in [1.807, 2.05) is 29.5 Å². The number of ether oxygens (including phenoxy) is 1. The number of hydrogen-bond acceptors (Lipinski definition) is 6. The van der Waals surface area contributed by atoms with Crippen molar-refractivity contribution >= 4 is 11.3 Å². The minimum absolute atomic E-state index is 0.356. The van der Waals surface area contributed by atoms with Crippen LogP contribution in [-0.4, -0.2) is 34.7 Å². The lowest BCUT2D eigenvalue weighted by molar-refractivity contribution is 0.118. The molecule has 1 fully saturated rings. The lowest BCUT2D eigenvalue weighted by atomic mass is 10.0. The Morgan fingerprint density at radius 3 is 2.88 bits per heavy atom. The van der Waals surface area contributed by atoms with E-state index in [9.17, 15) is 0 Å². The summed E-state index contributed by atoms with van der Waals surface area (Å²) >= 11 is 1.87. The van der Waals surface area contributed by atoms with Crippen LogP contribution in [0.4, 0.5) is 0 Å². The zero-order valence-corrected chi connectivity index (χ0v) is 16.0. The molecular weight excluding hydrogens is 346 g/mol. The zero-order chi connectivity index (χ0) is 17.9. The number of benzene rings is 1. The maximum atomic E-state index is 5.76. The molecule has 0 bridgehead atoms. The molecule has 26 heavy (non-hydrogen) atoms. The number of aromatic nitrogens is 2. The Kier molecular flexibility index (Phi) is 5.04. The number of nitrogens with zero attached hydrogens (tertiary/aromatic N) is 3.